The van der Waals surface area contributed by atoms with Crippen molar-refractivity contribution in [3.05, 3.63) is 18.0 Å². The molecule has 0 saturated carbocycles. The molecule has 0 aliphatic heterocycles. The fourth-order valence-electron chi connectivity index (χ4n) is 1.20. The highest BCUT2D eigenvalue weighted by Crippen LogP contribution is 2.13. The van der Waals surface area contributed by atoms with Gasteiger partial charge in [0.2, 0.25) is 5.91 Å². The van der Waals surface area contributed by atoms with Crippen molar-refractivity contribution >= 4 is 17.6 Å². The normalized spacial score (nSPS) is 12.0. The topological polar surface area (TPSA) is 86.3 Å². The molecule has 1 rings (SSSR count). The van der Waals surface area contributed by atoms with Crippen molar-refractivity contribution < 1.29 is 14.3 Å². The number of methoxy groups -OCH3 is 1. The predicted octanol–water partition coefficient (Wildman–Crippen LogP) is 0.0974. The van der Waals surface area contributed by atoms with Crippen LogP contribution < -0.4 is 11.1 Å². The van der Waals surface area contributed by atoms with Gasteiger partial charge in [0.05, 0.1) is 18.8 Å². The van der Waals surface area contributed by atoms with E-state index in [1.54, 1.807) is 24.7 Å². The first-order chi connectivity index (χ1) is 7.45. The third kappa shape index (κ3) is 2.60. The first-order valence-corrected chi connectivity index (χ1v) is 4.77. The molecular weight excluding hydrogens is 210 g/mol. The number of esters is 1. The summed E-state index contributed by atoms with van der Waals surface area (Å²) >= 11 is 0. The molecule has 6 heteroatoms. The van der Waals surface area contributed by atoms with Crippen molar-refractivity contribution in [1.82, 2.24) is 4.57 Å². The van der Waals surface area contributed by atoms with E-state index in [4.69, 9.17) is 5.73 Å². The zero-order valence-corrected chi connectivity index (χ0v) is 9.48. The van der Waals surface area contributed by atoms with Crippen LogP contribution >= 0.6 is 0 Å². The molecule has 16 heavy (non-hydrogen) atoms. The summed E-state index contributed by atoms with van der Waals surface area (Å²) in [5.74, 6) is -0.759. The number of carbonyl (C=O) groups excluding carboxylic acids is 2. The number of ether oxygens (including phenoxy) is 1. The van der Waals surface area contributed by atoms with Crippen LogP contribution in [0.1, 0.15) is 17.4 Å². The minimum Gasteiger partial charge on any atom is -0.464 e. The van der Waals surface area contributed by atoms with E-state index < -0.39 is 12.0 Å². The number of hydrogen-bond acceptors (Lipinski definition) is 4. The smallest absolute Gasteiger partial charge is 0.354 e. The second kappa shape index (κ2) is 4.80. The molecule has 1 amide bonds. The van der Waals surface area contributed by atoms with Crippen molar-refractivity contribution in [1.29, 1.82) is 0 Å². The Bertz CT molecular complexity index is 409. The fourth-order valence-corrected chi connectivity index (χ4v) is 1.20. The van der Waals surface area contributed by atoms with Crippen LogP contribution in [0.15, 0.2) is 12.3 Å². The minimum absolute atomic E-state index is 0.304. The van der Waals surface area contributed by atoms with Crippen molar-refractivity contribution in [2.24, 2.45) is 12.8 Å². The van der Waals surface area contributed by atoms with Crippen LogP contribution in [0.25, 0.3) is 0 Å². The van der Waals surface area contributed by atoms with E-state index in [1.165, 1.54) is 13.2 Å². The summed E-state index contributed by atoms with van der Waals surface area (Å²) in [6.45, 7) is 1.58. The summed E-state index contributed by atoms with van der Waals surface area (Å²) in [4.78, 5) is 22.6. The Morgan fingerprint density at radius 3 is 2.69 bits per heavy atom. The molecule has 88 valence electrons. The highest BCUT2D eigenvalue weighted by Gasteiger charge is 2.14. The van der Waals surface area contributed by atoms with E-state index >= 15 is 0 Å². The molecule has 1 aromatic heterocycles. The molecule has 0 saturated heterocycles. The van der Waals surface area contributed by atoms with Gasteiger partial charge in [-0.25, -0.2) is 4.79 Å². The van der Waals surface area contributed by atoms with Crippen LogP contribution in [0.4, 0.5) is 5.69 Å². The van der Waals surface area contributed by atoms with E-state index in [0.29, 0.717) is 11.4 Å². The molecule has 0 unspecified atom stereocenters. The number of anilines is 1. The maximum Gasteiger partial charge on any atom is 0.354 e. The fraction of sp³-hybridized carbons (Fsp3) is 0.400. The van der Waals surface area contributed by atoms with Crippen LogP contribution in [0, 0.1) is 0 Å². The van der Waals surface area contributed by atoms with E-state index in [1.807, 2.05) is 0 Å². The average Bonchev–Trinajstić information content (AvgIpc) is 2.58. The molecular formula is C10H15N3O3. The highest BCUT2D eigenvalue weighted by atomic mass is 16.5. The molecule has 1 aromatic rings. The van der Waals surface area contributed by atoms with E-state index in [0.717, 1.165) is 0 Å². The van der Waals surface area contributed by atoms with Crippen LogP contribution in [-0.4, -0.2) is 29.6 Å². The number of aromatic nitrogens is 1. The lowest BCUT2D eigenvalue weighted by molar-refractivity contribution is -0.117. The van der Waals surface area contributed by atoms with Gasteiger partial charge in [-0.05, 0) is 13.0 Å². The Morgan fingerprint density at radius 2 is 2.19 bits per heavy atom. The number of aryl methyl sites for hydroxylation is 1. The van der Waals surface area contributed by atoms with Gasteiger partial charge in [0.25, 0.3) is 0 Å². The predicted molar refractivity (Wildman–Crippen MR) is 59.0 cm³/mol. The van der Waals surface area contributed by atoms with Gasteiger partial charge < -0.3 is 20.4 Å². The summed E-state index contributed by atoms with van der Waals surface area (Å²) in [5, 5.41) is 2.59. The van der Waals surface area contributed by atoms with Gasteiger partial charge in [-0.2, -0.15) is 0 Å². The lowest BCUT2D eigenvalue weighted by Gasteiger charge is -2.04. The van der Waals surface area contributed by atoms with Gasteiger partial charge in [0.15, 0.2) is 0 Å². The van der Waals surface area contributed by atoms with Crippen LogP contribution in [0.5, 0.6) is 0 Å². The third-order valence-corrected chi connectivity index (χ3v) is 2.08. The number of nitrogens with two attached hydrogens (primary N) is 1. The molecule has 0 radical (unpaired) electrons. The monoisotopic (exact) mass is 225 g/mol. The van der Waals surface area contributed by atoms with Gasteiger partial charge in [0.1, 0.15) is 5.69 Å². The maximum absolute atomic E-state index is 11.3. The molecule has 0 fully saturated rings. The Kier molecular flexibility index (Phi) is 3.68. The van der Waals surface area contributed by atoms with Crippen molar-refractivity contribution in [2.75, 3.05) is 12.4 Å². The number of amides is 1. The molecule has 1 heterocycles. The zero-order chi connectivity index (χ0) is 12.3. The third-order valence-electron chi connectivity index (χ3n) is 2.08. The van der Waals surface area contributed by atoms with Gasteiger partial charge in [-0.15, -0.1) is 0 Å². The summed E-state index contributed by atoms with van der Waals surface area (Å²) in [7, 11) is 2.99. The summed E-state index contributed by atoms with van der Waals surface area (Å²) in [5.41, 5.74) is 6.29. The molecule has 0 aliphatic rings. The first kappa shape index (κ1) is 12.3. The molecule has 0 aromatic carbocycles. The number of hydrogen-bond donors (Lipinski definition) is 2. The Balaban J connectivity index is 2.85. The van der Waals surface area contributed by atoms with Gasteiger partial charge in [-0.3, -0.25) is 4.79 Å². The summed E-state index contributed by atoms with van der Waals surface area (Å²) < 4.78 is 6.16. The maximum atomic E-state index is 11.3. The van der Waals surface area contributed by atoms with Crippen molar-refractivity contribution in [3.8, 4) is 0 Å². The van der Waals surface area contributed by atoms with Gasteiger partial charge in [0, 0.05) is 13.2 Å². The van der Waals surface area contributed by atoms with Gasteiger partial charge in [-0.1, -0.05) is 0 Å². The Hall–Kier alpha value is -1.82. The first-order valence-electron chi connectivity index (χ1n) is 4.77. The van der Waals surface area contributed by atoms with Crippen molar-refractivity contribution in [2.45, 2.75) is 13.0 Å². The SMILES string of the molecule is COC(=O)c1cc(NC(=O)[C@@H](C)N)cn1C. The second-order valence-corrected chi connectivity index (χ2v) is 3.49. The Morgan fingerprint density at radius 1 is 1.56 bits per heavy atom. The van der Waals surface area contributed by atoms with E-state index in [2.05, 4.69) is 10.1 Å². The molecule has 6 nitrogen and oxygen atoms in total. The average molecular weight is 225 g/mol. The standard InChI is InChI=1S/C10H15N3O3/c1-6(11)9(14)12-7-4-8(10(15)16-3)13(2)5-7/h4-6H,11H2,1-3H3,(H,12,14)/t6-/m1/s1. The number of rotatable bonds is 3. The zero-order valence-electron chi connectivity index (χ0n) is 9.48. The Labute approximate surface area is 93.4 Å². The molecule has 0 bridgehead atoms. The number of carbonyl (C=O) groups is 2. The molecule has 0 spiro atoms. The molecule has 0 aliphatic carbocycles. The second-order valence-electron chi connectivity index (χ2n) is 3.49. The highest BCUT2D eigenvalue weighted by molar-refractivity contribution is 5.96. The number of nitrogens with zero attached hydrogens (tertiary/aromatic N) is 1. The van der Waals surface area contributed by atoms with Crippen LogP contribution in [-0.2, 0) is 16.6 Å². The lowest BCUT2D eigenvalue weighted by Crippen LogP contribution is -2.32. The quantitative estimate of drug-likeness (QED) is 0.714. The van der Waals surface area contributed by atoms with Gasteiger partial charge >= 0.3 is 5.97 Å². The van der Waals surface area contributed by atoms with Crippen LogP contribution in [0.2, 0.25) is 0 Å². The summed E-state index contributed by atoms with van der Waals surface area (Å²) in [6.07, 6.45) is 1.62. The van der Waals surface area contributed by atoms with Crippen molar-refractivity contribution in [3.63, 3.8) is 0 Å². The largest absolute Gasteiger partial charge is 0.464 e. The lowest BCUT2D eigenvalue weighted by atomic mass is 10.3. The van der Waals surface area contributed by atoms with Crippen LogP contribution in [0.3, 0.4) is 0 Å². The number of nitrogens with one attached hydrogen (secondary N) is 1. The van der Waals surface area contributed by atoms with E-state index in [-0.39, 0.29) is 5.91 Å². The molecule has 3 N–H and O–H groups in total. The molecule has 1 atom stereocenters. The minimum atomic E-state index is -0.596. The van der Waals surface area contributed by atoms with E-state index in [9.17, 15) is 9.59 Å². The summed E-state index contributed by atoms with van der Waals surface area (Å²) in [6, 6.07) is 0.938.